The van der Waals surface area contributed by atoms with Gasteiger partial charge in [-0.1, -0.05) is 32.9 Å². The molecule has 0 aliphatic heterocycles. The molecule has 0 heterocycles. The predicted molar refractivity (Wildman–Crippen MR) is 85.4 cm³/mol. The maximum Gasteiger partial charge on any atom is 0.101 e. The van der Waals surface area contributed by atoms with Crippen LogP contribution in [0.25, 0.3) is 0 Å². The Morgan fingerprint density at radius 3 is 2.16 bits per heavy atom. The van der Waals surface area contributed by atoms with E-state index in [9.17, 15) is 0 Å². The van der Waals surface area contributed by atoms with Crippen LogP contribution in [0.3, 0.4) is 0 Å². The van der Waals surface area contributed by atoms with Crippen molar-refractivity contribution in [3.8, 4) is 0 Å². The number of rotatable bonds is 5. The Kier molecular flexibility index (Phi) is 6.07. The molecular weight excluding hydrogens is 232 g/mol. The minimum Gasteiger partial charge on any atom is -0.366 e. The molecule has 1 aromatic rings. The van der Waals surface area contributed by atoms with Crippen molar-refractivity contribution in [3.63, 3.8) is 0 Å². The fourth-order valence-corrected chi connectivity index (χ4v) is 2.22. The van der Waals surface area contributed by atoms with Crippen LogP contribution >= 0.6 is 0 Å². The van der Waals surface area contributed by atoms with Gasteiger partial charge in [0.25, 0.3) is 0 Å². The maximum atomic E-state index is 4.59. The summed E-state index contributed by atoms with van der Waals surface area (Å²) in [5, 5.41) is 0. The van der Waals surface area contributed by atoms with Gasteiger partial charge in [-0.3, -0.25) is 0 Å². The summed E-state index contributed by atoms with van der Waals surface area (Å²) in [4.78, 5) is 6.62. The molecule has 106 valence electrons. The average Bonchev–Trinajstić information content (AvgIpc) is 2.36. The SMILES string of the molecule is CCC(CC(C)C)c1ccc(N=C(C)N(C)C)cc1. The van der Waals surface area contributed by atoms with E-state index < -0.39 is 0 Å². The third-order valence-corrected chi connectivity index (χ3v) is 3.55. The summed E-state index contributed by atoms with van der Waals surface area (Å²) in [5.41, 5.74) is 2.48. The summed E-state index contributed by atoms with van der Waals surface area (Å²) < 4.78 is 0. The van der Waals surface area contributed by atoms with Crippen LogP contribution in [-0.4, -0.2) is 24.8 Å². The average molecular weight is 260 g/mol. The van der Waals surface area contributed by atoms with Crippen molar-refractivity contribution < 1.29 is 0 Å². The van der Waals surface area contributed by atoms with E-state index in [1.165, 1.54) is 18.4 Å². The Labute approximate surface area is 118 Å². The molecule has 1 rings (SSSR count). The molecular formula is C17H28N2. The Morgan fingerprint density at radius 2 is 1.74 bits per heavy atom. The summed E-state index contributed by atoms with van der Waals surface area (Å²) >= 11 is 0. The number of hydrogen-bond acceptors (Lipinski definition) is 1. The van der Waals surface area contributed by atoms with Gasteiger partial charge in [-0.05, 0) is 49.3 Å². The zero-order chi connectivity index (χ0) is 14.4. The van der Waals surface area contributed by atoms with Crippen molar-refractivity contribution in [2.75, 3.05) is 14.1 Å². The molecule has 1 aromatic carbocycles. The fraction of sp³-hybridized carbons (Fsp3) is 0.588. The Hall–Kier alpha value is -1.31. The summed E-state index contributed by atoms with van der Waals surface area (Å²) in [7, 11) is 4.03. The number of nitrogens with zero attached hydrogens (tertiary/aromatic N) is 2. The molecule has 1 atom stereocenters. The van der Waals surface area contributed by atoms with E-state index in [0.717, 1.165) is 17.4 Å². The van der Waals surface area contributed by atoms with E-state index in [1.807, 2.05) is 25.9 Å². The molecule has 0 saturated heterocycles. The summed E-state index contributed by atoms with van der Waals surface area (Å²) in [5.74, 6) is 2.45. The van der Waals surface area contributed by atoms with Crippen molar-refractivity contribution in [2.24, 2.45) is 10.9 Å². The normalized spacial score (nSPS) is 13.7. The smallest absolute Gasteiger partial charge is 0.101 e. The number of hydrogen-bond donors (Lipinski definition) is 0. The van der Waals surface area contributed by atoms with Gasteiger partial charge in [-0.15, -0.1) is 0 Å². The molecule has 0 fully saturated rings. The van der Waals surface area contributed by atoms with Gasteiger partial charge in [-0.2, -0.15) is 0 Å². The third kappa shape index (κ3) is 5.06. The molecule has 0 radical (unpaired) electrons. The number of benzene rings is 1. The van der Waals surface area contributed by atoms with Gasteiger partial charge < -0.3 is 4.90 Å². The molecule has 0 saturated carbocycles. The second kappa shape index (κ2) is 7.32. The van der Waals surface area contributed by atoms with Gasteiger partial charge in [0.15, 0.2) is 0 Å². The van der Waals surface area contributed by atoms with Crippen LogP contribution in [-0.2, 0) is 0 Å². The molecule has 2 heteroatoms. The lowest BCUT2D eigenvalue weighted by atomic mass is 9.88. The molecule has 0 spiro atoms. The van der Waals surface area contributed by atoms with Gasteiger partial charge in [-0.25, -0.2) is 4.99 Å². The van der Waals surface area contributed by atoms with Crippen molar-refractivity contribution in [3.05, 3.63) is 29.8 Å². The topological polar surface area (TPSA) is 15.6 Å². The first-order chi connectivity index (χ1) is 8.93. The molecule has 1 unspecified atom stereocenters. The van der Waals surface area contributed by atoms with Crippen molar-refractivity contribution in [2.45, 2.75) is 46.5 Å². The van der Waals surface area contributed by atoms with Gasteiger partial charge in [0.05, 0.1) is 5.69 Å². The first kappa shape index (κ1) is 15.7. The molecule has 0 aliphatic carbocycles. The Bertz CT molecular complexity index is 402. The van der Waals surface area contributed by atoms with E-state index in [4.69, 9.17) is 0 Å². The van der Waals surface area contributed by atoms with Gasteiger partial charge in [0, 0.05) is 14.1 Å². The van der Waals surface area contributed by atoms with Crippen LogP contribution < -0.4 is 0 Å². The van der Waals surface area contributed by atoms with Crippen LogP contribution in [0.1, 0.15) is 52.0 Å². The number of amidine groups is 1. The minimum absolute atomic E-state index is 0.674. The van der Waals surface area contributed by atoms with Crippen molar-refractivity contribution in [1.29, 1.82) is 0 Å². The van der Waals surface area contributed by atoms with E-state index in [0.29, 0.717) is 5.92 Å². The third-order valence-electron chi connectivity index (χ3n) is 3.55. The second-order valence-corrected chi connectivity index (χ2v) is 5.88. The quantitative estimate of drug-likeness (QED) is 0.546. The first-order valence-corrected chi connectivity index (χ1v) is 7.26. The molecule has 0 amide bonds. The van der Waals surface area contributed by atoms with Crippen LogP contribution in [0.4, 0.5) is 5.69 Å². The fourth-order valence-electron chi connectivity index (χ4n) is 2.22. The largest absolute Gasteiger partial charge is 0.366 e. The second-order valence-electron chi connectivity index (χ2n) is 5.88. The van der Waals surface area contributed by atoms with E-state index in [2.05, 4.69) is 50.0 Å². The first-order valence-electron chi connectivity index (χ1n) is 7.26. The predicted octanol–water partition coefficient (Wildman–Crippen LogP) is 4.84. The van der Waals surface area contributed by atoms with E-state index >= 15 is 0 Å². The highest BCUT2D eigenvalue weighted by atomic mass is 15.1. The summed E-state index contributed by atoms with van der Waals surface area (Å²) in [6.07, 6.45) is 2.47. The highest BCUT2D eigenvalue weighted by Crippen LogP contribution is 2.28. The molecule has 0 bridgehead atoms. The van der Waals surface area contributed by atoms with Gasteiger partial charge in [0.2, 0.25) is 0 Å². The number of aliphatic imine (C=N–C) groups is 1. The van der Waals surface area contributed by atoms with Gasteiger partial charge >= 0.3 is 0 Å². The Morgan fingerprint density at radius 1 is 1.16 bits per heavy atom. The highest BCUT2D eigenvalue weighted by Gasteiger charge is 2.11. The van der Waals surface area contributed by atoms with Crippen molar-refractivity contribution in [1.82, 2.24) is 4.90 Å². The van der Waals surface area contributed by atoms with Crippen LogP contribution in [0, 0.1) is 5.92 Å². The Balaban J connectivity index is 2.83. The summed E-state index contributed by atoms with van der Waals surface area (Å²) in [6.45, 7) is 8.89. The lowest BCUT2D eigenvalue weighted by Gasteiger charge is -2.18. The van der Waals surface area contributed by atoms with Crippen molar-refractivity contribution >= 4 is 11.5 Å². The minimum atomic E-state index is 0.674. The molecule has 2 nitrogen and oxygen atoms in total. The molecule has 0 aliphatic rings. The molecule has 0 N–H and O–H groups in total. The van der Waals surface area contributed by atoms with E-state index in [-0.39, 0.29) is 0 Å². The van der Waals surface area contributed by atoms with Gasteiger partial charge in [0.1, 0.15) is 5.84 Å². The van der Waals surface area contributed by atoms with Crippen LogP contribution in [0.2, 0.25) is 0 Å². The van der Waals surface area contributed by atoms with Crippen LogP contribution in [0.15, 0.2) is 29.3 Å². The molecule has 0 aromatic heterocycles. The lowest BCUT2D eigenvalue weighted by molar-refractivity contribution is 0.489. The highest BCUT2D eigenvalue weighted by molar-refractivity contribution is 5.81. The lowest BCUT2D eigenvalue weighted by Crippen LogP contribution is -2.17. The standard InChI is InChI=1S/C17H28N2/c1-7-15(12-13(2)3)16-8-10-17(11-9-16)18-14(4)19(5)6/h8-11,13,15H,7,12H2,1-6H3. The van der Waals surface area contributed by atoms with Crippen LogP contribution in [0.5, 0.6) is 0 Å². The zero-order valence-corrected chi connectivity index (χ0v) is 13.3. The zero-order valence-electron chi connectivity index (χ0n) is 13.3. The maximum absolute atomic E-state index is 4.59. The monoisotopic (exact) mass is 260 g/mol. The van der Waals surface area contributed by atoms with E-state index in [1.54, 1.807) is 0 Å². The summed E-state index contributed by atoms with van der Waals surface area (Å²) in [6, 6.07) is 8.73. The molecule has 19 heavy (non-hydrogen) atoms.